The Labute approximate surface area is 131 Å². The van der Waals surface area contributed by atoms with Gasteiger partial charge < -0.3 is 0 Å². The predicted octanol–water partition coefficient (Wildman–Crippen LogP) is 6.23. The zero-order valence-corrected chi connectivity index (χ0v) is 13.2. The van der Waals surface area contributed by atoms with Gasteiger partial charge in [-0.25, -0.2) is 8.78 Å². The van der Waals surface area contributed by atoms with Crippen LogP contribution in [0.1, 0.15) is 49.7 Å². The van der Waals surface area contributed by atoms with Crippen LogP contribution in [0.2, 0.25) is 0 Å². The van der Waals surface area contributed by atoms with Crippen molar-refractivity contribution in [3.8, 4) is 11.1 Å². The van der Waals surface area contributed by atoms with Crippen molar-refractivity contribution >= 4 is 0 Å². The molecule has 1 aliphatic carbocycles. The highest BCUT2D eigenvalue weighted by atomic mass is 19.1. The molecule has 0 aliphatic heterocycles. The van der Waals surface area contributed by atoms with Gasteiger partial charge in [-0.15, -0.1) is 0 Å². The van der Waals surface area contributed by atoms with E-state index in [9.17, 15) is 8.78 Å². The fourth-order valence-electron chi connectivity index (χ4n) is 3.35. The van der Waals surface area contributed by atoms with Gasteiger partial charge in [-0.2, -0.15) is 0 Å². The van der Waals surface area contributed by atoms with Crippen molar-refractivity contribution in [1.82, 2.24) is 0 Å². The second kappa shape index (κ2) is 6.20. The van der Waals surface area contributed by atoms with Crippen LogP contribution in [0.3, 0.4) is 0 Å². The lowest BCUT2D eigenvalue weighted by Gasteiger charge is -2.26. The van der Waals surface area contributed by atoms with Crippen LogP contribution in [-0.4, -0.2) is 0 Å². The standard InChI is InChI=1S/C20H22F2/c1-13-3-5-15(6-4-13)16-7-9-17(10-8-16)18-11-19(21)14(2)20(22)12-18/h7-13,15H,3-6H2,1-2H3. The van der Waals surface area contributed by atoms with Gasteiger partial charge in [0.15, 0.2) is 0 Å². The number of hydrogen-bond acceptors (Lipinski definition) is 0. The average Bonchev–Trinajstić information content (AvgIpc) is 2.53. The Morgan fingerprint density at radius 1 is 0.818 bits per heavy atom. The lowest BCUT2D eigenvalue weighted by atomic mass is 9.79. The summed E-state index contributed by atoms with van der Waals surface area (Å²) in [5.41, 5.74) is 2.90. The molecule has 0 aromatic heterocycles. The maximum atomic E-state index is 13.7. The first-order valence-electron chi connectivity index (χ1n) is 8.10. The van der Waals surface area contributed by atoms with Gasteiger partial charge in [0.2, 0.25) is 0 Å². The molecule has 2 aromatic rings. The van der Waals surface area contributed by atoms with Gasteiger partial charge in [-0.3, -0.25) is 0 Å². The van der Waals surface area contributed by atoms with Crippen molar-refractivity contribution in [2.24, 2.45) is 5.92 Å². The van der Waals surface area contributed by atoms with Crippen molar-refractivity contribution in [3.05, 3.63) is 59.2 Å². The van der Waals surface area contributed by atoms with Crippen LogP contribution in [0.4, 0.5) is 8.78 Å². The van der Waals surface area contributed by atoms with E-state index in [1.807, 2.05) is 12.1 Å². The van der Waals surface area contributed by atoms with Gasteiger partial charge in [0.1, 0.15) is 11.6 Å². The Bertz CT molecular complexity index is 627. The van der Waals surface area contributed by atoms with E-state index in [1.165, 1.54) is 50.3 Å². The smallest absolute Gasteiger partial charge is 0.129 e. The highest BCUT2D eigenvalue weighted by molar-refractivity contribution is 5.64. The molecule has 0 amide bonds. The molecule has 0 radical (unpaired) electrons. The minimum atomic E-state index is -0.486. The van der Waals surface area contributed by atoms with Crippen LogP contribution in [0.5, 0.6) is 0 Å². The summed E-state index contributed by atoms with van der Waals surface area (Å²) >= 11 is 0. The van der Waals surface area contributed by atoms with Gasteiger partial charge in [-0.1, -0.05) is 44.0 Å². The molecule has 2 aromatic carbocycles. The molecule has 0 heterocycles. The van der Waals surface area contributed by atoms with Gasteiger partial charge in [0.25, 0.3) is 0 Å². The van der Waals surface area contributed by atoms with Crippen LogP contribution in [0, 0.1) is 24.5 Å². The lowest BCUT2D eigenvalue weighted by molar-refractivity contribution is 0.348. The van der Waals surface area contributed by atoms with Gasteiger partial charge >= 0.3 is 0 Å². The summed E-state index contributed by atoms with van der Waals surface area (Å²) in [4.78, 5) is 0. The Hall–Kier alpha value is -1.70. The Morgan fingerprint density at radius 2 is 1.36 bits per heavy atom. The quantitative estimate of drug-likeness (QED) is 0.616. The summed E-state index contributed by atoms with van der Waals surface area (Å²) in [6.07, 6.45) is 5.07. The molecule has 0 saturated heterocycles. The zero-order valence-electron chi connectivity index (χ0n) is 13.2. The maximum Gasteiger partial charge on any atom is 0.129 e. The largest absolute Gasteiger partial charge is 0.207 e. The van der Waals surface area contributed by atoms with Crippen molar-refractivity contribution in [1.29, 1.82) is 0 Å². The highest BCUT2D eigenvalue weighted by Crippen LogP contribution is 2.36. The zero-order chi connectivity index (χ0) is 15.7. The molecular formula is C20H22F2. The molecule has 0 bridgehead atoms. The lowest BCUT2D eigenvalue weighted by Crippen LogP contribution is -2.10. The normalized spacial score (nSPS) is 21.8. The van der Waals surface area contributed by atoms with Crippen LogP contribution in [0.15, 0.2) is 36.4 Å². The Balaban J connectivity index is 1.82. The summed E-state index contributed by atoms with van der Waals surface area (Å²) in [5, 5.41) is 0. The maximum absolute atomic E-state index is 13.7. The topological polar surface area (TPSA) is 0 Å². The van der Waals surface area contributed by atoms with Crippen molar-refractivity contribution < 1.29 is 8.78 Å². The van der Waals surface area contributed by atoms with E-state index >= 15 is 0 Å². The number of hydrogen-bond donors (Lipinski definition) is 0. The Morgan fingerprint density at radius 3 is 1.91 bits per heavy atom. The summed E-state index contributed by atoms with van der Waals surface area (Å²) < 4.78 is 27.4. The van der Waals surface area contributed by atoms with E-state index in [2.05, 4.69) is 19.1 Å². The molecule has 116 valence electrons. The second-order valence-corrected chi connectivity index (χ2v) is 6.64. The number of halogens is 2. The molecule has 0 N–H and O–H groups in total. The first-order chi connectivity index (χ1) is 10.5. The third-order valence-corrected chi connectivity index (χ3v) is 5.01. The molecule has 1 aliphatic rings. The van der Waals surface area contributed by atoms with Crippen LogP contribution in [-0.2, 0) is 0 Å². The van der Waals surface area contributed by atoms with E-state index in [-0.39, 0.29) is 5.56 Å². The summed E-state index contributed by atoms with van der Waals surface area (Å²) in [6, 6.07) is 11.0. The van der Waals surface area contributed by atoms with E-state index in [0.29, 0.717) is 11.5 Å². The van der Waals surface area contributed by atoms with E-state index in [1.54, 1.807) is 0 Å². The first-order valence-corrected chi connectivity index (χ1v) is 8.10. The van der Waals surface area contributed by atoms with Gasteiger partial charge in [-0.05, 0) is 60.4 Å². The highest BCUT2D eigenvalue weighted by Gasteiger charge is 2.19. The minimum absolute atomic E-state index is 0.0803. The fraction of sp³-hybridized carbons (Fsp3) is 0.400. The second-order valence-electron chi connectivity index (χ2n) is 6.64. The SMILES string of the molecule is Cc1c(F)cc(-c2ccc(C3CCC(C)CC3)cc2)cc1F. The summed E-state index contributed by atoms with van der Waals surface area (Å²) in [5.74, 6) is 0.506. The third-order valence-electron chi connectivity index (χ3n) is 5.01. The molecule has 0 spiro atoms. The Kier molecular flexibility index (Phi) is 4.28. The van der Waals surface area contributed by atoms with Crippen LogP contribution in [0.25, 0.3) is 11.1 Å². The molecule has 0 unspecified atom stereocenters. The van der Waals surface area contributed by atoms with Crippen molar-refractivity contribution in [2.45, 2.75) is 45.4 Å². The molecule has 1 saturated carbocycles. The molecule has 22 heavy (non-hydrogen) atoms. The van der Waals surface area contributed by atoms with Crippen LogP contribution >= 0.6 is 0 Å². The fourth-order valence-corrected chi connectivity index (χ4v) is 3.35. The van der Waals surface area contributed by atoms with Crippen molar-refractivity contribution in [2.75, 3.05) is 0 Å². The molecule has 3 rings (SSSR count). The number of rotatable bonds is 2. The average molecular weight is 300 g/mol. The minimum Gasteiger partial charge on any atom is -0.207 e. The van der Waals surface area contributed by atoms with Crippen LogP contribution < -0.4 is 0 Å². The molecule has 1 fully saturated rings. The van der Waals surface area contributed by atoms with E-state index < -0.39 is 11.6 Å². The summed E-state index contributed by atoms with van der Waals surface area (Å²) in [6.45, 7) is 3.78. The first kappa shape index (κ1) is 15.2. The molecule has 0 nitrogen and oxygen atoms in total. The number of benzene rings is 2. The van der Waals surface area contributed by atoms with Crippen molar-refractivity contribution in [3.63, 3.8) is 0 Å². The predicted molar refractivity (Wildman–Crippen MR) is 86.9 cm³/mol. The van der Waals surface area contributed by atoms with E-state index in [0.717, 1.165) is 11.5 Å². The molecule has 2 heteroatoms. The summed E-state index contributed by atoms with van der Waals surface area (Å²) in [7, 11) is 0. The van der Waals surface area contributed by atoms with Gasteiger partial charge in [0.05, 0.1) is 0 Å². The van der Waals surface area contributed by atoms with Gasteiger partial charge in [0, 0.05) is 5.56 Å². The van der Waals surface area contributed by atoms with E-state index in [4.69, 9.17) is 0 Å². The molecular weight excluding hydrogens is 278 g/mol. The monoisotopic (exact) mass is 300 g/mol. The third kappa shape index (κ3) is 3.06. The molecule has 0 atom stereocenters.